The van der Waals surface area contributed by atoms with E-state index in [1.807, 2.05) is 0 Å². The monoisotopic (exact) mass is 620 g/mol. The first-order valence-corrected chi connectivity index (χ1v) is 11.9. The highest BCUT2D eigenvalue weighted by atomic mass is 79.9. The zero-order valence-corrected chi connectivity index (χ0v) is 21.8. The molecule has 2 N–H and O–H groups in total. The van der Waals surface area contributed by atoms with Crippen LogP contribution >= 0.6 is 63.7 Å². The standard InChI is InChI=1S/C21H20Br4O2/c1-19(2)7-21(13-9(19)5-11(22)17(26)15(13)24)8-20(3,4)10-6-12(23)18(27)16(25)14(10)21/h5-6,26-27H,7-8H2,1-4H3. The Morgan fingerprint density at radius 1 is 0.704 bits per heavy atom. The third kappa shape index (κ3) is 2.58. The minimum atomic E-state index is -0.286. The summed E-state index contributed by atoms with van der Waals surface area (Å²) < 4.78 is 2.90. The molecule has 1 spiro atoms. The van der Waals surface area contributed by atoms with Gasteiger partial charge in [0.15, 0.2) is 0 Å². The number of hydrogen-bond donors (Lipinski definition) is 2. The molecular formula is C21H20Br4O2. The third-order valence-corrected chi connectivity index (χ3v) is 9.04. The number of aromatic hydroxyl groups is 2. The van der Waals surface area contributed by atoms with Gasteiger partial charge in [0.25, 0.3) is 0 Å². The van der Waals surface area contributed by atoms with Crippen LogP contribution in [0.1, 0.15) is 62.8 Å². The number of fused-ring (bicyclic) bond motifs is 4. The van der Waals surface area contributed by atoms with E-state index < -0.39 is 0 Å². The van der Waals surface area contributed by atoms with Gasteiger partial charge in [0.05, 0.1) is 17.9 Å². The molecule has 0 atom stereocenters. The molecular weight excluding hydrogens is 604 g/mol. The summed E-state index contributed by atoms with van der Waals surface area (Å²) in [5, 5.41) is 21.3. The topological polar surface area (TPSA) is 40.5 Å². The molecule has 0 aliphatic heterocycles. The number of phenols is 2. The lowest BCUT2D eigenvalue weighted by Gasteiger charge is -2.32. The van der Waals surface area contributed by atoms with Gasteiger partial charge in [-0.05, 0) is 122 Å². The Labute approximate surface area is 193 Å². The van der Waals surface area contributed by atoms with E-state index in [1.165, 1.54) is 11.1 Å². The fourth-order valence-electron chi connectivity index (χ4n) is 5.46. The van der Waals surface area contributed by atoms with Crippen LogP contribution in [0.3, 0.4) is 0 Å². The van der Waals surface area contributed by atoms with Crippen LogP contribution in [0.2, 0.25) is 0 Å². The molecule has 0 bridgehead atoms. The number of phenolic OH excluding ortho intramolecular Hbond substituents is 2. The van der Waals surface area contributed by atoms with Crippen molar-refractivity contribution in [1.29, 1.82) is 0 Å². The van der Waals surface area contributed by atoms with Crippen molar-refractivity contribution in [3.05, 3.63) is 52.3 Å². The molecule has 2 aromatic carbocycles. The molecule has 6 heteroatoms. The van der Waals surface area contributed by atoms with Gasteiger partial charge in [-0.3, -0.25) is 0 Å². The molecule has 0 radical (unpaired) electrons. The average Bonchev–Trinajstić information content (AvgIpc) is 2.89. The summed E-state index contributed by atoms with van der Waals surface area (Å²) in [5.41, 5.74) is 4.34. The molecule has 2 nitrogen and oxygen atoms in total. The normalized spacial score (nSPS) is 20.7. The summed E-state index contributed by atoms with van der Waals surface area (Å²) in [6.07, 6.45) is 1.83. The quantitative estimate of drug-likeness (QED) is 0.315. The number of hydrogen-bond acceptors (Lipinski definition) is 2. The summed E-state index contributed by atoms with van der Waals surface area (Å²) in [5.74, 6) is 0.462. The molecule has 0 amide bonds. The molecule has 2 aliphatic carbocycles. The van der Waals surface area contributed by atoms with Gasteiger partial charge < -0.3 is 10.2 Å². The third-order valence-electron chi connectivity index (χ3n) is 6.29. The molecule has 144 valence electrons. The second-order valence-corrected chi connectivity index (χ2v) is 12.4. The Morgan fingerprint density at radius 3 is 1.37 bits per heavy atom. The second-order valence-electron chi connectivity index (χ2n) is 9.09. The maximum atomic E-state index is 10.7. The van der Waals surface area contributed by atoms with E-state index in [0.717, 1.165) is 32.9 Å². The van der Waals surface area contributed by atoms with Gasteiger partial charge in [0.1, 0.15) is 11.5 Å². The summed E-state index contributed by atoms with van der Waals surface area (Å²) in [4.78, 5) is 0. The van der Waals surface area contributed by atoms with Crippen LogP contribution in [0.5, 0.6) is 11.5 Å². The summed E-state index contributed by atoms with van der Waals surface area (Å²) in [7, 11) is 0. The largest absolute Gasteiger partial charge is 0.506 e. The molecule has 0 saturated carbocycles. The van der Waals surface area contributed by atoms with E-state index in [9.17, 15) is 10.2 Å². The Morgan fingerprint density at radius 2 is 1.04 bits per heavy atom. The highest BCUT2D eigenvalue weighted by Crippen LogP contribution is 2.67. The highest BCUT2D eigenvalue weighted by Gasteiger charge is 2.58. The van der Waals surface area contributed by atoms with Crippen molar-refractivity contribution < 1.29 is 10.2 Å². The van der Waals surface area contributed by atoms with Crippen molar-refractivity contribution >= 4 is 63.7 Å². The van der Waals surface area contributed by atoms with Crippen molar-refractivity contribution in [3.63, 3.8) is 0 Å². The Bertz CT molecular complexity index is 927. The fourth-order valence-corrected chi connectivity index (χ4v) is 8.46. The smallest absolute Gasteiger partial charge is 0.144 e. The Kier molecular flexibility index (Phi) is 4.49. The lowest BCUT2D eigenvalue weighted by molar-refractivity contribution is 0.347. The molecule has 0 unspecified atom stereocenters. The van der Waals surface area contributed by atoms with Crippen molar-refractivity contribution in [2.45, 2.75) is 56.8 Å². The van der Waals surface area contributed by atoms with Crippen LogP contribution in [-0.2, 0) is 16.2 Å². The van der Waals surface area contributed by atoms with Crippen molar-refractivity contribution in [1.82, 2.24) is 0 Å². The summed E-state index contributed by atoms with van der Waals surface area (Å²) in [6.45, 7) is 9.03. The van der Waals surface area contributed by atoms with Gasteiger partial charge in [-0.15, -0.1) is 0 Å². The predicted octanol–water partition coefficient (Wildman–Crippen LogP) is 7.80. The number of rotatable bonds is 0. The lowest BCUT2D eigenvalue weighted by Crippen LogP contribution is -2.27. The van der Waals surface area contributed by atoms with E-state index in [-0.39, 0.29) is 27.7 Å². The van der Waals surface area contributed by atoms with Crippen molar-refractivity contribution in [2.75, 3.05) is 0 Å². The van der Waals surface area contributed by atoms with Gasteiger partial charge in [0.2, 0.25) is 0 Å². The first kappa shape index (κ1) is 20.2. The maximum absolute atomic E-state index is 10.7. The van der Waals surface area contributed by atoms with E-state index in [0.29, 0.717) is 8.95 Å². The average molecular weight is 624 g/mol. The minimum absolute atomic E-state index is 0.0616. The second kappa shape index (κ2) is 5.99. The van der Waals surface area contributed by atoms with Crippen LogP contribution in [0.4, 0.5) is 0 Å². The molecule has 2 aromatic rings. The zero-order chi connectivity index (χ0) is 20.1. The van der Waals surface area contributed by atoms with Gasteiger partial charge >= 0.3 is 0 Å². The van der Waals surface area contributed by atoms with Crippen LogP contribution < -0.4 is 0 Å². The van der Waals surface area contributed by atoms with Crippen LogP contribution in [0.15, 0.2) is 30.0 Å². The zero-order valence-electron chi connectivity index (χ0n) is 15.5. The van der Waals surface area contributed by atoms with Crippen LogP contribution in [-0.4, -0.2) is 10.2 Å². The van der Waals surface area contributed by atoms with Gasteiger partial charge in [-0.25, -0.2) is 0 Å². The van der Waals surface area contributed by atoms with Gasteiger partial charge in [0, 0.05) is 5.41 Å². The number of halogens is 4. The van der Waals surface area contributed by atoms with Crippen LogP contribution in [0, 0.1) is 0 Å². The Balaban J connectivity index is 2.16. The van der Waals surface area contributed by atoms with E-state index in [1.54, 1.807) is 0 Å². The molecule has 0 fully saturated rings. The molecule has 0 aromatic heterocycles. The SMILES string of the molecule is CC1(C)CC2(CC(C)(C)c3cc(Br)c(O)c(Br)c32)c2c1cc(Br)c(O)c2Br. The molecule has 2 aliphatic rings. The molecule has 27 heavy (non-hydrogen) atoms. The predicted molar refractivity (Wildman–Crippen MR) is 123 cm³/mol. The van der Waals surface area contributed by atoms with E-state index in [2.05, 4.69) is 104 Å². The van der Waals surface area contributed by atoms with E-state index >= 15 is 0 Å². The van der Waals surface area contributed by atoms with Crippen molar-refractivity contribution in [2.24, 2.45) is 0 Å². The van der Waals surface area contributed by atoms with Crippen LogP contribution in [0.25, 0.3) is 0 Å². The first-order chi connectivity index (χ1) is 12.3. The highest BCUT2D eigenvalue weighted by molar-refractivity contribution is 9.11. The first-order valence-electron chi connectivity index (χ1n) is 8.77. The molecule has 4 rings (SSSR count). The molecule has 0 heterocycles. The summed E-state index contributed by atoms with van der Waals surface area (Å²) >= 11 is 14.4. The molecule has 0 saturated heterocycles. The van der Waals surface area contributed by atoms with Crippen molar-refractivity contribution in [3.8, 4) is 11.5 Å². The Hall–Kier alpha value is -0.0400. The van der Waals surface area contributed by atoms with E-state index in [4.69, 9.17) is 0 Å². The fraction of sp³-hybridized carbons (Fsp3) is 0.429. The minimum Gasteiger partial charge on any atom is -0.506 e. The maximum Gasteiger partial charge on any atom is 0.144 e. The van der Waals surface area contributed by atoms with Gasteiger partial charge in [-0.2, -0.15) is 0 Å². The number of benzene rings is 2. The van der Waals surface area contributed by atoms with Gasteiger partial charge in [-0.1, -0.05) is 27.7 Å². The summed E-state index contributed by atoms with van der Waals surface area (Å²) in [6, 6.07) is 4.11. The lowest BCUT2D eigenvalue weighted by atomic mass is 9.72.